The Morgan fingerprint density at radius 1 is 1.06 bits per heavy atom. The van der Waals surface area contributed by atoms with Crippen LogP contribution in [0.25, 0.3) is 11.1 Å². The van der Waals surface area contributed by atoms with Crippen LogP contribution in [0, 0.1) is 0 Å². The van der Waals surface area contributed by atoms with Crippen molar-refractivity contribution in [2.45, 2.75) is 45.3 Å². The van der Waals surface area contributed by atoms with Crippen molar-refractivity contribution in [2.24, 2.45) is 0 Å². The second-order valence-corrected chi connectivity index (χ2v) is 7.67. The van der Waals surface area contributed by atoms with Gasteiger partial charge < -0.3 is 19.7 Å². The van der Waals surface area contributed by atoms with E-state index in [-0.39, 0.29) is 18.2 Å². The summed E-state index contributed by atoms with van der Waals surface area (Å²) in [5.74, 6) is -0.565. The maximum absolute atomic E-state index is 13.2. The number of benzene rings is 2. The summed E-state index contributed by atoms with van der Waals surface area (Å²) < 4.78 is 11.1. The normalized spacial score (nSPS) is 16.8. The van der Waals surface area contributed by atoms with E-state index in [1.165, 1.54) is 4.90 Å². The minimum Gasteiger partial charge on any atom is -0.481 e. The number of carbonyl (C=O) groups is 3. The summed E-state index contributed by atoms with van der Waals surface area (Å²) in [6, 6.07) is 16.7. The zero-order valence-electron chi connectivity index (χ0n) is 18.6. The highest BCUT2D eigenvalue weighted by Gasteiger charge is 2.38. The Morgan fingerprint density at radius 3 is 2.41 bits per heavy atom. The first-order valence-corrected chi connectivity index (χ1v) is 11.1. The summed E-state index contributed by atoms with van der Waals surface area (Å²) in [6.07, 6.45) is 0.210. The topological polar surface area (TPSA) is 84.9 Å². The third-order valence-electron chi connectivity index (χ3n) is 5.33. The Kier molecular flexibility index (Phi) is 8.25. The van der Waals surface area contributed by atoms with E-state index in [4.69, 9.17) is 9.47 Å². The summed E-state index contributed by atoms with van der Waals surface area (Å²) in [5.41, 5.74) is 2.15. The number of hydrogen-bond acceptors (Lipinski definition) is 5. The average Bonchev–Trinajstić information content (AvgIpc) is 2.83. The minimum absolute atomic E-state index is 0.167. The lowest BCUT2D eigenvalue weighted by Crippen LogP contribution is -2.60. The van der Waals surface area contributed by atoms with Crippen LogP contribution in [0.15, 0.2) is 54.6 Å². The van der Waals surface area contributed by atoms with Gasteiger partial charge in [0.1, 0.15) is 11.8 Å². The number of carbonyl (C=O) groups excluding carboxylic acids is 3. The number of rotatable bonds is 9. The molecule has 2 atom stereocenters. The second kappa shape index (κ2) is 11.3. The molecule has 0 aliphatic carbocycles. The van der Waals surface area contributed by atoms with Crippen molar-refractivity contribution in [3.8, 4) is 16.9 Å². The zero-order chi connectivity index (χ0) is 22.9. The van der Waals surface area contributed by atoms with Crippen molar-refractivity contribution < 1.29 is 23.9 Å². The van der Waals surface area contributed by atoms with Gasteiger partial charge in [0.2, 0.25) is 5.91 Å². The fraction of sp³-hybridized carbons (Fsp3) is 0.400. The molecule has 3 rings (SSSR count). The fourth-order valence-electron chi connectivity index (χ4n) is 3.63. The molecule has 7 nitrogen and oxygen atoms in total. The molecule has 0 radical (unpaired) electrons. The molecule has 0 spiro atoms. The number of piperazine rings is 1. The van der Waals surface area contributed by atoms with Gasteiger partial charge in [0.25, 0.3) is 5.91 Å². The Hall–Kier alpha value is -3.35. The van der Waals surface area contributed by atoms with Crippen molar-refractivity contribution in [1.29, 1.82) is 0 Å². The van der Waals surface area contributed by atoms with Gasteiger partial charge in [0, 0.05) is 13.1 Å². The van der Waals surface area contributed by atoms with E-state index in [1.807, 2.05) is 68.4 Å². The fourth-order valence-corrected chi connectivity index (χ4v) is 3.63. The second-order valence-electron chi connectivity index (χ2n) is 7.67. The molecule has 1 saturated heterocycles. The quantitative estimate of drug-likeness (QED) is 0.608. The maximum atomic E-state index is 13.2. The lowest BCUT2D eigenvalue weighted by molar-refractivity contribution is -0.154. The van der Waals surface area contributed by atoms with Crippen LogP contribution in [0.2, 0.25) is 0 Å². The van der Waals surface area contributed by atoms with Crippen molar-refractivity contribution in [3.63, 3.8) is 0 Å². The van der Waals surface area contributed by atoms with E-state index < -0.39 is 18.1 Å². The Labute approximate surface area is 188 Å². The summed E-state index contributed by atoms with van der Waals surface area (Å²) in [6.45, 7) is 4.71. The molecule has 2 unspecified atom stereocenters. The molecule has 2 amide bonds. The first-order valence-electron chi connectivity index (χ1n) is 11.1. The van der Waals surface area contributed by atoms with Gasteiger partial charge in [-0.25, -0.2) is 0 Å². The highest BCUT2D eigenvalue weighted by atomic mass is 16.5. The molecule has 1 aliphatic heterocycles. The van der Waals surface area contributed by atoms with E-state index >= 15 is 0 Å². The smallest absolute Gasteiger partial charge is 0.308 e. The molecule has 1 aliphatic rings. The molecule has 2 aromatic carbocycles. The van der Waals surface area contributed by atoms with Gasteiger partial charge >= 0.3 is 5.97 Å². The van der Waals surface area contributed by atoms with Gasteiger partial charge in [0.15, 0.2) is 6.10 Å². The number of nitrogens with zero attached hydrogens (tertiary/aromatic N) is 1. The van der Waals surface area contributed by atoms with E-state index in [0.717, 1.165) is 11.1 Å². The number of hydrogen-bond donors (Lipinski definition) is 1. The molecule has 1 heterocycles. The first-order chi connectivity index (χ1) is 15.5. The Balaban J connectivity index is 1.69. The van der Waals surface area contributed by atoms with E-state index in [2.05, 4.69) is 5.32 Å². The average molecular weight is 439 g/mol. The van der Waals surface area contributed by atoms with Crippen LogP contribution in [-0.4, -0.2) is 54.5 Å². The third-order valence-corrected chi connectivity index (χ3v) is 5.33. The van der Waals surface area contributed by atoms with Crippen LogP contribution < -0.4 is 10.1 Å². The monoisotopic (exact) mass is 438 g/mol. The molecule has 0 saturated carbocycles. The van der Waals surface area contributed by atoms with Gasteiger partial charge in [0.05, 0.1) is 13.0 Å². The lowest BCUT2D eigenvalue weighted by atomic mass is 10.1. The molecule has 0 aromatic heterocycles. The Bertz CT molecular complexity index is 914. The number of esters is 1. The maximum Gasteiger partial charge on any atom is 0.308 e. The summed E-state index contributed by atoms with van der Waals surface area (Å²) in [7, 11) is 0. The SMILES string of the molecule is CCCOC(=O)CC1C(=O)NCCN1C(=O)C(CC)Oc1ccc(-c2ccccc2)cc1. The van der Waals surface area contributed by atoms with Gasteiger partial charge in [-0.15, -0.1) is 0 Å². The van der Waals surface area contributed by atoms with Crippen molar-refractivity contribution in [1.82, 2.24) is 10.2 Å². The summed E-state index contributed by atoms with van der Waals surface area (Å²) in [4.78, 5) is 39.2. The zero-order valence-corrected chi connectivity index (χ0v) is 18.6. The molecule has 1 fully saturated rings. The van der Waals surface area contributed by atoms with Crippen LogP contribution in [0.3, 0.4) is 0 Å². The van der Waals surface area contributed by atoms with Crippen LogP contribution in [0.1, 0.15) is 33.1 Å². The molecule has 32 heavy (non-hydrogen) atoms. The van der Waals surface area contributed by atoms with Crippen LogP contribution in [0.5, 0.6) is 5.75 Å². The molecule has 1 N–H and O–H groups in total. The standard InChI is InChI=1S/C25H30N2O5/c1-3-16-31-23(28)17-21-24(29)26-14-15-27(21)25(30)22(4-2)32-20-12-10-19(11-13-20)18-8-6-5-7-9-18/h5-13,21-22H,3-4,14-17H2,1-2H3,(H,26,29). The van der Waals surface area contributed by atoms with E-state index in [1.54, 1.807) is 0 Å². The molecular formula is C25H30N2O5. The number of ether oxygens (including phenoxy) is 2. The van der Waals surface area contributed by atoms with E-state index in [0.29, 0.717) is 38.3 Å². The van der Waals surface area contributed by atoms with Crippen molar-refractivity contribution in [3.05, 3.63) is 54.6 Å². The third kappa shape index (κ3) is 5.87. The molecule has 170 valence electrons. The molecule has 2 aromatic rings. The number of amides is 2. The molecule has 0 bridgehead atoms. The molecule has 7 heteroatoms. The first kappa shape index (κ1) is 23.3. The summed E-state index contributed by atoms with van der Waals surface area (Å²) >= 11 is 0. The minimum atomic E-state index is -0.890. The summed E-state index contributed by atoms with van der Waals surface area (Å²) in [5, 5.41) is 2.73. The van der Waals surface area contributed by atoms with Gasteiger partial charge in [-0.1, -0.05) is 56.3 Å². The van der Waals surface area contributed by atoms with Crippen LogP contribution in [-0.2, 0) is 19.1 Å². The van der Waals surface area contributed by atoms with E-state index in [9.17, 15) is 14.4 Å². The predicted molar refractivity (Wildman–Crippen MR) is 121 cm³/mol. The van der Waals surface area contributed by atoms with Crippen molar-refractivity contribution >= 4 is 17.8 Å². The largest absolute Gasteiger partial charge is 0.481 e. The molecular weight excluding hydrogens is 408 g/mol. The Morgan fingerprint density at radius 2 is 1.75 bits per heavy atom. The highest BCUT2D eigenvalue weighted by Crippen LogP contribution is 2.24. The van der Waals surface area contributed by atoms with Crippen LogP contribution in [0.4, 0.5) is 0 Å². The van der Waals surface area contributed by atoms with Crippen LogP contribution >= 0.6 is 0 Å². The number of nitrogens with one attached hydrogen (secondary N) is 1. The predicted octanol–water partition coefficient (Wildman–Crippen LogP) is 3.18. The van der Waals surface area contributed by atoms with Gasteiger partial charge in [-0.2, -0.15) is 0 Å². The lowest BCUT2D eigenvalue weighted by Gasteiger charge is -2.36. The van der Waals surface area contributed by atoms with Crippen molar-refractivity contribution in [2.75, 3.05) is 19.7 Å². The van der Waals surface area contributed by atoms with Gasteiger partial charge in [-0.3, -0.25) is 14.4 Å². The van der Waals surface area contributed by atoms with Gasteiger partial charge in [-0.05, 0) is 36.1 Å². The highest BCUT2D eigenvalue weighted by molar-refractivity contribution is 5.93.